The molecule has 0 heterocycles. The normalized spacial score (nSPS) is 23.0. The topological polar surface area (TPSA) is 6.48 Å². The van der Waals surface area contributed by atoms with Crippen LogP contribution in [-0.4, -0.2) is 0 Å². The molecule has 2 nitrogen and oxygen atoms in total. The zero-order valence-corrected chi connectivity index (χ0v) is 40.0. The van der Waals surface area contributed by atoms with Gasteiger partial charge >= 0.3 is 0 Å². The van der Waals surface area contributed by atoms with Gasteiger partial charge in [-0.15, -0.1) is 0 Å². The number of anilines is 6. The van der Waals surface area contributed by atoms with E-state index >= 15 is 0 Å². The van der Waals surface area contributed by atoms with Gasteiger partial charge in [-0.1, -0.05) is 159 Å². The predicted octanol–water partition coefficient (Wildman–Crippen LogP) is 17.8. The maximum Gasteiger partial charge on any atom is 0.0727 e. The number of rotatable bonds is 7. The van der Waals surface area contributed by atoms with Crippen LogP contribution in [0.15, 0.2) is 212 Å². The van der Waals surface area contributed by atoms with Crippen LogP contribution in [0.25, 0.3) is 33.4 Å². The van der Waals surface area contributed by atoms with Crippen molar-refractivity contribution in [3.8, 4) is 33.4 Å². The fraction of sp³-hybridized carbons (Fsp3) is 0.206. The fourth-order valence-corrected chi connectivity index (χ4v) is 15.7. The molecule has 4 bridgehead atoms. The summed E-state index contributed by atoms with van der Waals surface area (Å²) in [5.41, 5.74) is 24.2. The van der Waals surface area contributed by atoms with Crippen molar-refractivity contribution in [3.05, 3.63) is 251 Å². The third-order valence-electron chi connectivity index (χ3n) is 18.2. The van der Waals surface area contributed by atoms with Crippen LogP contribution in [0.3, 0.4) is 0 Å². The Kier molecular flexibility index (Phi) is 8.69. The quantitative estimate of drug-likeness (QED) is 0.157. The minimum Gasteiger partial charge on any atom is -0.310 e. The van der Waals surface area contributed by atoms with Gasteiger partial charge in [0.1, 0.15) is 0 Å². The summed E-state index contributed by atoms with van der Waals surface area (Å²) in [4.78, 5) is 5.10. The first kappa shape index (κ1) is 40.5. The van der Waals surface area contributed by atoms with Crippen LogP contribution in [0.2, 0.25) is 0 Å². The molecule has 4 saturated carbocycles. The molecule has 9 aromatic carbocycles. The molecule has 1 spiro atoms. The van der Waals surface area contributed by atoms with Crippen molar-refractivity contribution in [3.63, 3.8) is 0 Å². The van der Waals surface area contributed by atoms with E-state index in [1.165, 1.54) is 122 Å². The van der Waals surface area contributed by atoms with Crippen LogP contribution in [0.5, 0.6) is 0 Å². The predicted molar refractivity (Wildman–Crippen MR) is 289 cm³/mol. The van der Waals surface area contributed by atoms with Crippen molar-refractivity contribution in [2.45, 2.75) is 62.7 Å². The lowest BCUT2D eigenvalue weighted by Crippen LogP contribution is -2.44. The van der Waals surface area contributed by atoms with Gasteiger partial charge in [-0.3, -0.25) is 0 Å². The number of hydrogen-bond acceptors (Lipinski definition) is 2. The van der Waals surface area contributed by atoms with E-state index in [9.17, 15) is 0 Å². The highest BCUT2D eigenvalue weighted by Crippen LogP contribution is 2.65. The molecule has 4 fully saturated rings. The van der Waals surface area contributed by atoms with Gasteiger partial charge in [-0.2, -0.15) is 0 Å². The highest BCUT2D eigenvalue weighted by molar-refractivity contribution is 5.98. The number of para-hydroxylation sites is 3. The maximum absolute atomic E-state index is 2.61. The van der Waals surface area contributed by atoms with E-state index in [0.717, 1.165) is 35.0 Å². The molecule has 0 aliphatic heterocycles. The molecule has 70 heavy (non-hydrogen) atoms. The first-order chi connectivity index (χ1) is 34.4. The molecule has 0 aromatic heterocycles. The Morgan fingerprint density at radius 3 is 1.29 bits per heavy atom. The maximum atomic E-state index is 2.61. The number of hydrogen-bond donors (Lipinski definition) is 0. The van der Waals surface area contributed by atoms with E-state index in [0.29, 0.717) is 5.92 Å². The van der Waals surface area contributed by atoms with Gasteiger partial charge in [0.25, 0.3) is 0 Å². The fourth-order valence-electron chi connectivity index (χ4n) is 15.7. The smallest absolute Gasteiger partial charge is 0.0727 e. The Morgan fingerprint density at radius 2 is 0.729 bits per heavy atom. The van der Waals surface area contributed by atoms with Gasteiger partial charge in [-0.25, -0.2) is 0 Å². The molecule has 338 valence electrons. The Morgan fingerprint density at radius 1 is 0.329 bits per heavy atom. The lowest BCUT2D eigenvalue weighted by atomic mass is 9.50. The minimum absolute atomic E-state index is 0.118. The molecule has 9 aromatic rings. The molecule has 0 N–H and O–H groups in total. The second-order valence-electron chi connectivity index (χ2n) is 22.1. The first-order valence-electron chi connectivity index (χ1n) is 26.0. The Balaban J connectivity index is 0.939. The Bertz CT molecular complexity index is 3530. The second-order valence-corrected chi connectivity index (χ2v) is 22.1. The van der Waals surface area contributed by atoms with Crippen molar-refractivity contribution < 1.29 is 0 Å². The molecule has 0 amide bonds. The summed E-state index contributed by atoms with van der Waals surface area (Å²) in [5, 5.41) is 0. The lowest BCUT2D eigenvalue weighted by molar-refractivity contribution is -0.00259. The highest BCUT2D eigenvalue weighted by atomic mass is 15.2. The van der Waals surface area contributed by atoms with E-state index in [1.54, 1.807) is 5.56 Å². The molecule has 7 aliphatic rings. The molecule has 0 radical (unpaired) electrons. The average Bonchev–Trinajstić information content (AvgIpc) is 3.95. The molecular weight excluding hydrogens is 845 g/mol. The van der Waals surface area contributed by atoms with E-state index in [2.05, 4.69) is 236 Å². The number of benzene rings is 9. The minimum atomic E-state index is -0.545. The summed E-state index contributed by atoms with van der Waals surface area (Å²) >= 11 is 0. The van der Waals surface area contributed by atoms with Crippen LogP contribution in [0, 0.1) is 23.7 Å². The van der Waals surface area contributed by atoms with Crippen molar-refractivity contribution in [2.24, 2.45) is 23.7 Å². The van der Waals surface area contributed by atoms with Gasteiger partial charge in [0.15, 0.2) is 0 Å². The van der Waals surface area contributed by atoms with E-state index < -0.39 is 5.41 Å². The molecule has 1 atom stereocenters. The molecule has 16 rings (SSSR count). The van der Waals surface area contributed by atoms with Crippen LogP contribution in [0.4, 0.5) is 34.1 Å². The van der Waals surface area contributed by atoms with Crippen LogP contribution < -0.4 is 9.80 Å². The lowest BCUT2D eigenvalue weighted by Gasteiger charge is -2.55. The largest absolute Gasteiger partial charge is 0.310 e. The summed E-state index contributed by atoms with van der Waals surface area (Å²) in [6, 6.07) is 81.2. The van der Waals surface area contributed by atoms with Crippen molar-refractivity contribution in [1.82, 2.24) is 0 Å². The van der Waals surface area contributed by atoms with E-state index in [4.69, 9.17) is 0 Å². The summed E-state index contributed by atoms with van der Waals surface area (Å²) in [6.07, 6.45) is 7.07. The van der Waals surface area contributed by atoms with Gasteiger partial charge in [0.2, 0.25) is 0 Å². The molecule has 0 saturated heterocycles. The van der Waals surface area contributed by atoms with Gasteiger partial charge in [-0.05, 0) is 201 Å². The molecule has 2 heteroatoms. The molecule has 7 aliphatic carbocycles. The monoisotopic (exact) mass is 900 g/mol. The molecule has 1 unspecified atom stereocenters. The van der Waals surface area contributed by atoms with Crippen molar-refractivity contribution in [2.75, 3.05) is 9.80 Å². The second kappa shape index (κ2) is 15.0. The zero-order valence-electron chi connectivity index (χ0n) is 40.0. The Labute approximate surface area is 412 Å². The third kappa shape index (κ3) is 5.62. The SMILES string of the molecule is CC1(C)c2ccccc2-c2ccc(N(c3ccccc3)c3ccc4c(c3)C3(c5ccccc5-4)c4ccccc4-c4ccc(N(c5ccccc5)c5ccccc5C5C6CC7CC(C6)CC5C7)cc43)cc21. The standard InChI is InChI=1S/C68H56N2/c1-67(2)59-25-13-9-21-52(59)55-32-29-49(40-62(55)67)69(47-17-5-3-6-18-47)50-30-33-56-53-22-10-14-26-60(53)68(63(56)41-50)61-27-15-11-23-54(61)57-34-31-51(42-64(57)68)70(48-19-7-4-8-20-48)65-28-16-12-24-58(65)66-45-36-43-35-44(38-45)39-46(66)37-43/h3-34,40-46,66H,35-39H2,1-2H3. The van der Waals surface area contributed by atoms with Crippen LogP contribution in [0.1, 0.15) is 90.8 Å². The summed E-state index contributed by atoms with van der Waals surface area (Å²) in [7, 11) is 0. The van der Waals surface area contributed by atoms with Gasteiger partial charge in [0, 0.05) is 39.5 Å². The summed E-state index contributed by atoms with van der Waals surface area (Å²) in [6.45, 7) is 4.77. The number of fused-ring (bicyclic) bond motifs is 13. The van der Waals surface area contributed by atoms with E-state index in [1.807, 2.05) is 0 Å². The number of nitrogens with zero attached hydrogens (tertiary/aromatic N) is 2. The van der Waals surface area contributed by atoms with E-state index in [-0.39, 0.29) is 5.41 Å². The highest BCUT2D eigenvalue weighted by Gasteiger charge is 2.53. The Hall–Kier alpha value is -7.42. The van der Waals surface area contributed by atoms with Crippen LogP contribution in [-0.2, 0) is 10.8 Å². The third-order valence-corrected chi connectivity index (χ3v) is 18.2. The zero-order chi connectivity index (χ0) is 46.3. The first-order valence-corrected chi connectivity index (χ1v) is 26.0. The van der Waals surface area contributed by atoms with Crippen molar-refractivity contribution in [1.29, 1.82) is 0 Å². The average molecular weight is 901 g/mol. The van der Waals surface area contributed by atoms with Gasteiger partial charge < -0.3 is 9.80 Å². The van der Waals surface area contributed by atoms with Gasteiger partial charge in [0.05, 0.1) is 5.41 Å². The molecular formula is C68H56N2. The summed E-state index contributed by atoms with van der Waals surface area (Å²) in [5.74, 6) is 4.03. The summed E-state index contributed by atoms with van der Waals surface area (Å²) < 4.78 is 0. The van der Waals surface area contributed by atoms with Crippen molar-refractivity contribution >= 4 is 34.1 Å². The van der Waals surface area contributed by atoms with Crippen LogP contribution >= 0.6 is 0 Å².